The minimum atomic E-state index is -0.399. The smallest absolute Gasteiger partial charge is 0.271 e. The van der Waals surface area contributed by atoms with E-state index in [2.05, 4.69) is 20.6 Å². The lowest BCUT2D eigenvalue weighted by Gasteiger charge is -2.15. The Morgan fingerprint density at radius 1 is 1.19 bits per heavy atom. The number of benzene rings is 1. The summed E-state index contributed by atoms with van der Waals surface area (Å²) in [5, 5.41) is 15.6. The van der Waals surface area contributed by atoms with Gasteiger partial charge in [0, 0.05) is 11.4 Å². The third-order valence-corrected chi connectivity index (χ3v) is 5.28. The van der Waals surface area contributed by atoms with E-state index in [0.29, 0.717) is 11.1 Å². The Morgan fingerprint density at radius 3 is 2.44 bits per heavy atom. The van der Waals surface area contributed by atoms with Gasteiger partial charge in [0.05, 0.1) is 10.9 Å². The monoisotopic (exact) mass is 385 g/mol. The first-order chi connectivity index (χ1) is 12.8. The molecular formula is C18H23N7OS. The van der Waals surface area contributed by atoms with Crippen molar-refractivity contribution >= 4 is 23.4 Å². The van der Waals surface area contributed by atoms with Gasteiger partial charge in [-0.15, -0.1) is 10.2 Å². The van der Waals surface area contributed by atoms with Crippen molar-refractivity contribution in [1.29, 1.82) is 0 Å². The van der Waals surface area contributed by atoms with Crippen LogP contribution in [0.1, 0.15) is 29.4 Å². The highest BCUT2D eigenvalue weighted by Gasteiger charge is 2.21. The van der Waals surface area contributed by atoms with Gasteiger partial charge in [-0.3, -0.25) is 4.79 Å². The van der Waals surface area contributed by atoms with E-state index in [4.69, 9.17) is 5.84 Å². The minimum absolute atomic E-state index is 0.118. The number of aryl methyl sites for hydroxylation is 4. The molecule has 0 aliphatic carbocycles. The van der Waals surface area contributed by atoms with Gasteiger partial charge in [0.2, 0.25) is 11.1 Å². The Bertz CT molecular complexity index is 972. The van der Waals surface area contributed by atoms with Gasteiger partial charge in [-0.25, -0.2) is 9.36 Å². The molecule has 2 heterocycles. The van der Waals surface area contributed by atoms with Crippen LogP contribution < -0.4 is 11.2 Å². The summed E-state index contributed by atoms with van der Waals surface area (Å²) >= 11 is 1.25. The van der Waals surface area contributed by atoms with E-state index < -0.39 is 5.25 Å². The maximum atomic E-state index is 12.6. The molecule has 1 unspecified atom stereocenters. The van der Waals surface area contributed by atoms with Gasteiger partial charge in [-0.1, -0.05) is 30.0 Å². The summed E-state index contributed by atoms with van der Waals surface area (Å²) in [4.78, 5) is 12.6. The van der Waals surface area contributed by atoms with Crippen molar-refractivity contribution in [2.75, 3.05) is 11.2 Å². The molecule has 0 aliphatic heterocycles. The van der Waals surface area contributed by atoms with Crippen molar-refractivity contribution in [2.24, 2.45) is 0 Å². The quantitative estimate of drug-likeness (QED) is 0.517. The molecule has 3 rings (SSSR count). The Morgan fingerprint density at radius 2 is 1.85 bits per heavy atom. The largest absolute Gasteiger partial charge is 0.334 e. The van der Waals surface area contributed by atoms with Crippen LogP contribution >= 0.6 is 11.8 Å². The second kappa shape index (κ2) is 7.43. The fourth-order valence-electron chi connectivity index (χ4n) is 2.77. The first kappa shape index (κ1) is 19.0. The van der Waals surface area contributed by atoms with E-state index in [1.54, 1.807) is 4.68 Å². The van der Waals surface area contributed by atoms with Crippen LogP contribution in [0.15, 0.2) is 29.4 Å². The molecule has 1 amide bonds. The Kier molecular flexibility index (Phi) is 5.22. The number of rotatable bonds is 5. The number of thioether (sulfide) groups is 1. The number of hydrogen-bond donors (Lipinski definition) is 2. The second-order valence-electron chi connectivity index (χ2n) is 6.51. The summed E-state index contributed by atoms with van der Waals surface area (Å²) in [5.41, 5.74) is 4.66. The van der Waals surface area contributed by atoms with Crippen molar-refractivity contribution in [2.45, 2.75) is 45.0 Å². The Labute approximate surface area is 162 Å². The average Bonchev–Trinajstić information content (AvgIpc) is 3.12. The molecular weight excluding hydrogens is 362 g/mol. The van der Waals surface area contributed by atoms with Gasteiger partial charge in [-0.2, -0.15) is 5.10 Å². The number of hydrogen-bond acceptors (Lipinski definition) is 6. The summed E-state index contributed by atoms with van der Waals surface area (Å²) in [7, 11) is 0. The predicted molar refractivity (Wildman–Crippen MR) is 107 cm³/mol. The maximum Gasteiger partial charge on any atom is 0.271 e. The van der Waals surface area contributed by atoms with Crippen LogP contribution in [0.5, 0.6) is 0 Å². The zero-order valence-corrected chi connectivity index (χ0v) is 16.8. The summed E-state index contributed by atoms with van der Waals surface area (Å²) in [6.07, 6.45) is 0. The maximum absolute atomic E-state index is 12.6. The van der Waals surface area contributed by atoms with E-state index in [-0.39, 0.29) is 5.91 Å². The molecule has 0 saturated carbocycles. The van der Waals surface area contributed by atoms with Crippen LogP contribution in [0.25, 0.3) is 5.95 Å². The lowest BCUT2D eigenvalue weighted by atomic mass is 10.1. The van der Waals surface area contributed by atoms with E-state index in [9.17, 15) is 4.79 Å². The molecule has 9 heteroatoms. The highest BCUT2D eigenvalue weighted by Crippen LogP contribution is 2.25. The van der Waals surface area contributed by atoms with E-state index >= 15 is 0 Å². The number of carbonyl (C=O) groups is 1. The predicted octanol–water partition coefficient (Wildman–Crippen LogP) is 2.53. The van der Waals surface area contributed by atoms with Crippen LogP contribution in [0.3, 0.4) is 0 Å². The van der Waals surface area contributed by atoms with E-state index in [1.165, 1.54) is 16.4 Å². The highest BCUT2D eigenvalue weighted by atomic mass is 32.2. The fraction of sp³-hybridized carbons (Fsp3) is 0.333. The summed E-state index contributed by atoms with van der Waals surface area (Å²) in [6, 6.07) is 7.84. The molecule has 0 saturated heterocycles. The molecule has 0 aliphatic rings. The minimum Gasteiger partial charge on any atom is -0.334 e. The van der Waals surface area contributed by atoms with Crippen LogP contribution in [-0.2, 0) is 4.79 Å². The van der Waals surface area contributed by atoms with Crippen molar-refractivity contribution in [3.63, 3.8) is 0 Å². The standard InChI is InChI=1S/C18H23N7OS/c1-10-7-6-8-11(2)15(10)20-16(26)14(5)27-18-22-21-17(24(18)19)25-13(4)9-12(3)23-25/h6-9,14H,19H2,1-5H3,(H,20,26). The number of amides is 1. The number of nitrogens with one attached hydrogen (secondary N) is 1. The van der Waals surface area contributed by atoms with Crippen molar-refractivity contribution in [3.05, 3.63) is 46.8 Å². The van der Waals surface area contributed by atoms with Gasteiger partial charge in [-0.05, 0) is 51.8 Å². The number of aromatic nitrogens is 5. The number of carbonyl (C=O) groups excluding carboxylic acids is 1. The van der Waals surface area contributed by atoms with Gasteiger partial charge >= 0.3 is 0 Å². The van der Waals surface area contributed by atoms with E-state index in [1.807, 2.05) is 58.9 Å². The lowest BCUT2D eigenvalue weighted by molar-refractivity contribution is -0.115. The third kappa shape index (κ3) is 3.82. The van der Waals surface area contributed by atoms with Gasteiger partial charge in [0.25, 0.3) is 5.95 Å². The Hall–Kier alpha value is -2.81. The van der Waals surface area contributed by atoms with Gasteiger partial charge in [0.1, 0.15) is 0 Å². The third-order valence-electron chi connectivity index (χ3n) is 4.23. The van der Waals surface area contributed by atoms with Gasteiger partial charge < -0.3 is 11.2 Å². The second-order valence-corrected chi connectivity index (χ2v) is 7.82. The number of nitrogens with zero attached hydrogens (tertiary/aromatic N) is 5. The zero-order chi connectivity index (χ0) is 19.7. The van der Waals surface area contributed by atoms with E-state index in [0.717, 1.165) is 28.2 Å². The molecule has 1 aromatic carbocycles. The SMILES string of the molecule is Cc1cc(C)n(-c2nnc(SC(C)C(=O)Nc3c(C)cccc3C)n2N)n1. The number of para-hydroxylation sites is 1. The first-order valence-corrected chi connectivity index (χ1v) is 9.43. The molecule has 3 N–H and O–H groups in total. The topological polar surface area (TPSA) is 104 Å². The molecule has 27 heavy (non-hydrogen) atoms. The molecule has 0 radical (unpaired) electrons. The molecule has 1 atom stereocenters. The van der Waals surface area contributed by atoms with Crippen LogP contribution in [-0.4, -0.2) is 35.8 Å². The Balaban J connectivity index is 1.75. The highest BCUT2D eigenvalue weighted by molar-refractivity contribution is 8.00. The molecule has 2 aromatic heterocycles. The fourth-order valence-corrected chi connectivity index (χ4v) is 3.54. The number of nitrogen functional groups attached to an aromatic ring is 1. The van der Waals surface area contributed by atoms with Crippen molar-refractivity contribution < 1.29 is 4.79 Å². The average molecular weight is 385 g/mol. The zero-order valence-electron chi connectivity index (χ0n) is 16.0. The lowest BCUT2D eigenvalue weighted by Crippen LogP contribution is -2.25. The number of nitrogens with two attached hydrogens (primary N) is 1. The summed E-state index contributed by atoms with van der Waals surface area (Å²) in [5.74, 6) is 6.43. The molecule has 0 spiro atoms. The first-order valence-electron chi connectivity index (χ1n) is 8.55. The molecule has 0 bridgehead atoms. The molecule has 3 aromatic rings. The number of anilines is 1. The molecule has 142 valence electrons. The summed E-state index contributed by atoms with van der Waals surface area (Å²) < 4.78 is 2.99. The van der Waals surface area contributed by atoms with Crippen molar-refractivity contribution in [1.82, 2.24) is 24.7 Å². The molecule has 0 fully saturated rings. The van der Waals surface area contributed by atoms with Gasteiger partial charge in [0.15, 0.2) is 0 Å². The molecule has 8 nitrogen and oxygen atoms in total. The van der Waals surface area contributed by atoms with Crippen molar-refractivity contribution in [3.8, 4) is 5.95 Å². The summed E-state index contributed by atoms with van der Waals surface area (Å²) in [6.45, 7) is 9.57. The normalized spacial score (nSPS) is 12.2. The van der Waals surface area contributed by atoms with Crippen LogP contribution in [0.4, 0.5) is 5.69 Å². The van der Waals surface area contributed by atoms with Crippen LogP contribution in [0, 0.1) is 27.7 Å². The van der Waals surface area contributed by atoms with Crippen LogP contribution in [0.2, 0.25) is 0 Å².